The average Bonchev–Trinajstić information content (AvgIpc) is 3.77. The molecule has 0 N–H and O–H groups in total. The van der Waals surface area contributed by atoms with E-state index in [4.69, 9.17) is 23.7 Å². The van der Waals surface area contributed by atoms with E-state index in [1.807, 2.05) is 12.2 Å². The Bertz CT molecular complexity index is 1500. The van der Waals surface area contributed by atoms with Crippen LogP contribution < -0.4 is 0 Å². The summed E-state index contributed by atoms with van der Waals surface area (Å²) in [6, 6.07) is -1.66. The maximum Gasteiger partial charge on any atom is 0.411 e. The van der Waals surface area contributed by atoms with Crippen molar-refractivity contribution < 1.29 is 52.5 Å². The van der Waals surface area contributed by atoms with Gasteiger partial charge in [-0.15, -0.1) is 11.8 Å². The van der Waals surface area contributed by atoms with Crippen molar-refractivity contribution in [3.05, 3.63) is 34.5 Å². The van der Waals surface area contributed by atoms with E-state index in [0.717, 1.165) is 0 Å². The minimum absolute atomic E-state index is 0.131. The number of hydrogen-bond acceptors (Lipinski definition) is 12. The summed E-state index contributed by atoms with van der Waals surface area (Å²) in [4.78, 5) is 81.5. The number of likely N-dealkylation sites (tertiary alicyclic amines) is 2. The van der Waals surface area contributed by atoms with Crippen molar-refractivity contribution in [1.82, 2.24) is 9.80 Å². The molecule has 5 aliphatic rings. The van der Waals surface area contributed by atoms with Gasteiger partial charge in [-0.1, -0.05) is 18.2 Å². The molecule has 14 heteroatoms. The lowest BCUT2D eigenvalue weighted by molar-refractivity contribution is -0.151. The zero-order valence-corrected chi connectivity index (χ0v) is 30.6. The number of allylic oxidation sites excluding steroid dienone is 3. The summed E-state index contributed by atoms with van der Waals surface area (Å²) in [7, 11) is 0. The van der Waals surface area contributed by atoms with Crippen molar-refractivity contribution in [3.63, 3.8) is 0 Å². The first-order chi connectivity index (χ1) is 23.5. The molecule has 4 heterocycles. The minimum atomic E-state index is -0.839. The summed E-state index contributed by atoms with van der Waals surface area (Å²) in [5.41, 5.74) is -1.16. The molecule has 0 aromatic rings. The summed E-state index contributed by atoms with van der Waals surface area (Å²) in [6.07, 6.45) is 8.18. The topological polar surface area (TPSA) is 155 Å². The Morgan fingerprint density at radius 2 is 1.34 bits per heavy atom. The normalized spacial score (nSPS) is 26.3. The molecule has 2 unspecified atom stereocenters. The van der Waals surface area contributed by atoms with Gasteiger partial charge in [0.15, 0.2) is 13.2 Å². The maximum absolute atomic E-state index is 13.6. The van der Waals surface area contributed by atoms with Gasteiger partial charge < -0.3 is 23.7 Å². The molecule has 0 aromatic heterocycles. The van der Waals surface area contributed by atoms with Gasteiger partial charge in [-0.2, -0.15) is 0 Å². The molecule has 13 nitrogen and oxygen atoms in total. The first-order valence-electron chi connectivity index (χ1n) is 17.3. The number of thioether (sulfide) groups is 1. The minimum Gasteiger partial charge on any atom is -0.496 e. The number of carbonyl (C=O) groups excluding carboxylic acids is 6. The summed E-state index contributed by atoms with van der Waals surface area (Å²) < 4.78 is 27.2. The van der Waals surface area contributed by atoms with Crippen LogP contribution in [-0.2, 0) is 42.9 Å². The first-order valence-corrected chi connectivity index (χ1v) is 18.1. The molecule has 0 saturated carbocycles. The Balaban J connectivity index is 1.22. The highest BCUT2D eigenvalue weighted by Gasteiger charge is 2.52. The predicted octanol–water partition coefficient (Wildman–Crippen LogP) is 5.02. The third-order valence-electron chi connectivity index (χ3n) is 9.06. The molecule has 0 aromatic carbocycles. The van der Waals surface area contributed by atoms with Gasteiger partial charge in [0.2, 0.25) is 11.6 Å². The second kappa shape index (κ2) is 14.8. The molecule has 5 rings (SSSR count). The molecule has 2 amide bonds. The van der Waals surface area contributed by atoms with Crippen LogP contribution in [0, 0.1) is 5.92 Å². The van der Waals surface area contributed by atoms with Crippen LogP contribution in [-0.4, -0.2) is 106 Å². The largest absolute Gasteiger partial charge is 0.496 e. The standard InChI is InChI=1S/C36H48N2O11S/c1-34(2,3)48-32(43)37-16-8-13-24(37)30(41)46-20-26(39)23-12-7-15-36-22(11-10-18-45-29(23)36)19-28(50-36)27(40)21-47-31(42)25-14-9-17-38(25)33(44)49-35(4,5)6/h7,12,19,22,24-25H,8-11,13-18,20-21H2,1-6H3/t22?,24-,25-,36?/m0/s1. The maximum atomic E-state index is 13.6. The van der Waals surface area contributed by atoms with Crippen molar-refractivity contribution in [2.75, 3.05) is 32.9 Å². The fourth-order valence-electron chi connectivity index (χ4n) is 6.86. The zero-order valence-electron chi connectivity index (χ0n) is 29.7. The van der Waals surface area contributed by atoms with E-state index in [2.05, 4.69) is 0 Å². The number of amides is 2. The van der Waals surface area contributed by atoms with Crippen molar-refractivity contribution >= 4 is 47.5 Å². The highest BCUT2D eigenvalue weighted by Crippen LogP contribution is 2.57. The Morgan fingerprint density at radius 3 is 1.88 bits per heavy atom. The molecule has 1 aliphatic carbocycles. The van der Waals surface area contributed by atoms with Crippen LogP contribution >= 0.6 is 11.8 Å². The number of nitrogens with zero attached hydrogens (tertiary/aromatic N) is 2. The monoisotopic (exact) mass is 716 g/mol. The number of esters is 2. The zero-order chi connectivity index (χ0) is 36.4. The molecular weight excluding hydrogens is 668 g/mol. The van der Waals surface area contributed by atoms with Crippen LogP contribution in [0.2, 0.25) is 0 Å². The lowest BCUT2D eigenvalue weighted by Crippen LogP contribution is -2.44. The van der Waals surface area contributed by atoms with Gasteiger partial charge in [0, 0.05) is 19.0 Å². The van der Waals surface area contributed by atoms with Gasteiger partial charge in [-0.25, -0.2) is 19.2 Å². The number of ketones is 2. The third-order valence-corrected chi connectivity index (χ3v) is 10.7. The third kappa shape index (κ3) is 8.38. The number of ether oxygens (including phenoxy) is 5. The molecule has 3 saturated heterocycles. The molecular formula is C36H48N2O11S. The molecule has 50 heavy (non-hydrogen) atoms. The highest BCUT2D eigenvalue weighted by atomic mass is 32.2. The van der Waals surface area contributed by atoms with Gasteiger partial charge in [0.25, 0.3) is 0 Å². The van der Waals surface area contributed by atoms with Gasteiger partial charge in [0.1, 0.15) is 29.0 Å². The van der Waals surface area contributed by atoms with Crippen LogP contribution in [0.5, 0.6) is 0 Å². The lowest BCUT2D eigenvalue weighted by Gasteiger charge is -2.36. The van der Waals surface area contributed by atoms with Gasteiger partial charge in [0.05, 0.1) is 21.8 Å². The molecule has 4 aliphatic heterocycles. The van der Waals surface area contributed by atoms with E-state index in [0.29, 0.717) is 75.3 Å². The molecule has 3 fully saturated rings. The Hall–Kier alpha value is -3.81. The Morgan fingerprint density at radius 1 is 0.800 bits per heavy atom. The van der Waals surface area contributed by atoms with E-state index >= 15 is 0 Å². The Kier molecular flexibility index (Phi) is 11.1. The van der Waals surface area contributed by atoms with E-state index < -0.39 is 71.2 Å². The van der Waals surface area contributed by atoms with E-state index in [1.54, 1.807) is 47.6 Å². The van der Waals surface area contributed by atoms with Crippen molar-refractivity contribution in [2.24, 2.45) is 5.92 Å². The van der Waals surface area contributed by atoms with Crippen molar-refractivity contribution in [3.8, 4) is 0 Å². The average molecular weight is 717 g/mol. The van der Waals surface area contributed by atoms with Gasteiger partial charge in [-0.3, -0.25) is 19.4 Å². The van der Waals surface area contributed by atoms with Crippen LogP contribution in [0.15, 0.2) is 34.5 Å². The second-order valence-corrected chi connectivity index (χ2v) is 16.6. The van der Waals surface area contributed by atoms with Crippen LogP contribution in [0.25, 0.3) is 0 Å². The first kappa shape index (κ1) is 37.4. The van der Waals surface area contributed by atoms with Gasteiger partial charge in [-0.05, 0) is 86.5 Å². The molecule has 0 bridgehead atoms. The smallest absolute Gasteiger partial charge is 0.411 e. The summed E-state index contributed by atoms with van der Waals surface area (Å²) >= 11 is 1.30. The molecule has 4 atom stereocenters. The number of rotatable bonds is 8. The quantitative estimate of drug-likeness (QED) is 0.245. The highest BCUT2D eigenvalue weighted by molar-refractivity contribution is 8.05. The van der Waals surface area contributed by atoms with Crippen LogP contribution in [0.4, 0.5) is 9.59 Å². The van der Waals surface area contributed by atoms with Crippen molar-refractivity contribution in [1.29, 1.82) is 0 Å². The SMILES string of the molecule is CC(C)(C)OC(=O)N1CCC[C@H]1C(=O)OCC(=O)C1=CC2CCCOC3=C(C(=O)COC(=O)[C@@H]4CCCN4C(=O)OC(C)(C)C)C=CCC32S1. The number of Topliss-reactive ketones (excluding diaryl/α,β-unsaturated/α-hetero) is 2. The molecule has 0 radical (unpaired) electrons. The van der Waals surface area contributed by atoms with Crippen LogP contribution in [0.3, 0.4) is 0 Å². The Labute approximate surface area is 297 Å². The predicted molar refractivity (Wildman–Crippen MR) is 182 cm³/mol. The fraction of sp³-hybridized carbons (Fsp3) is 0.667. The molecule has 1 spiro atoms. The second-order valence-electron chi connectivity index (χ2n) is 15.2. The number of hydrogen-bond donors (Lipinski definition) is 0. The summed E-state index contributed by atoms with van der Waals surface area (Å²) in [5.74, 6) is -1.85. The summed E-state index contributed by atoms with van der Waals surface area (Å²) in [5, 5.41) is 0. The number of carbonyl (C=O) groups is 6. The summed E-state index contributed by atoms with van der Waals surface area (Å²) in [6.45, 7) is 10.6. The van der Waals surface area contributed by atoms with Crippen molar-refractivity contribution in [2.45, 2.75) is 115 Å². The van der Waals surface area contributed by atoms with Gasteiger partial charge >= 0.3 is 24.1 Å². The lowest BCUT2D eigenvalue weighted by atomic mass is 9.79. The van der Waals surface area contributed by atoms with E-state index in [-0.39, 0.29) is 17.3 Å². The van der Waals surface area contributed by atoms with E-state index in [9.17, 15) is 28.8 Å². The van der Waals surface area contributed by atoms with E-state index in [1.165, 1.54) is 21.6 Å². The fourth-order valence-corrected chi connectivity index (χ4v) is 8.43. The molecule has 274 valence electrons. The van der Waals surface area contributed by atoms with Crippen LogP contribution in [0.1, 0.15) is 86.5 Å².